The van der Waals surface area contributed by atoms with E-state index in [0.717, 1.165) is 38.2 Å². The van der Waals surface area contributed by atoms with Crippen LogP contribution in [0.15, 0.2) is 18.2 Å². The van der Waals surface area contributed by atoms with Crippen molar-refractivity contribution in [2.75, 3.05) is 27.2 Å². The Morgan fingerprint density at radius 3 is 2.75 bits per heavy atom. The minimum atomic E-state index is -0.381. The average Bonchev–Trinajstić information content (AvgIpc) is 2.49. The van der Waals surface area contributed by atoms with Gasteiger partial charge in [-0.2, -0.15) is 0 Å². The summed E-state index contributed by atoms with van der Waals surface area (Å²) in [5, 5.41) is 3.39. The van der Waals surface area contributed by atoms with Gasteiger partial charge in [0.25, 0.3) is 0 Å². The van der Waals surface area contributed by atoms with E-state index in [0.29, 0.717) is 5.69 Å². The molecule has 0 aliphatic carbocycles. The van der Waals surface area contributed by atoms with Crippen molar-refractivity contribution in [3.05, 3.63) is 29.6 Å². The van der Waals surface area contributed by atoms with Gasteiger partial charge in [-0.05, 0) is 38.9 Å². The lowest BCUT2D eigenvalue weighted by Crippen LogP contribution is -2.49. The standard InChI is InChI=1S/C15H23N3O2/c1-15(16-2)7-9-18(10-8-15)11-12-5-4-6-13(17-12)14(19)20-3/h4-6,16H,7-11H2,1-3H3. The number of hydrogen-bond donors (Lipinski definition) is 1. The fraction of sp³-hybridized carbons (Fsp3) is 0.600. The number of rotatable bonds is 4. The number of nitrogens with one attached hydrogen (secondary N) is 1. The highest BCUT2D eigenvalue weighted by atomic mass is 16.5. The monoisotopic (exact) mass is 277 g/mol. The maximum absolute atomic E-state index is 11.5. The van der Waals surface area contributed by atoms with Crippen molar-refractivity contribution in [2.24, 2.45) is 0 Å². The second-order valence-electron chi connectivity index (χ2n) is 5.59. The Morgan fingerprint density at radius 1 is 1.45 bits per heavy atom. The van der Waals surface area contributed by atoms with Gasteiger partial charge in [0, 0.05) is 25.2 Å². The Morgan fingerprint density at radius 2 is 2.15 bits per heavy atom. The van der Waals surface area contributed by atoms with Crippen molar-refractivity contribution in [1.82, 2.24) is 15.2 Å². The molecule has 1 aliphatic rings. The summed E-state index contributed by atoms with van der Waals surface area (Å²) in [5.41, 5.74) is 1.54. The lowest BCUT2D eigenvalue weighted by molar-refractivity contribution is 0.0593. The molecule has 0 aromatic carbocycles. The molecule has 1 aliphatic heterocycles. The first-order valence-corrected chi connectivity index (χ1v) is 7.02. The normalized spacial score (nSPS) is 18.8. The number of likely N-dealkylation sites (tertiary alicyclic amines) is 1. The molecule has 110 valence electrons. The zero-order chi connectivity index (χ0) is 14.6. The van der Waals surface area contributed by atoms with Crippen molar-refractivity contribution in [1.29, 1.82) is 0 Å². The number of piperidine rings is 1. The van der Waals surface area contributed by atoms with Crippen LogP contribution in [0.25, 0.3) is 0 Å². The summed E-state index contributed by atoms with van der Waals surface area (Å²) in [6.45, 7) is 5.13. The Balaban J connectivity index is 1.96. The van der Waals surface area contributed by atoms with E-state index < -0.39 is 0 Å². The summed E-state index contributed by atoms with van der Waals surface area (Å²) in [7, 11) is 3.40. The van der Waals surface area contributed by atoms with Crippen molar-refractivity contribution in [3.63, 3.8) is 0 Å². The van der Waals surface area contributed by atoms with Gasteiger partial charge in [-0.15, -0.1) is 0 Å². The molecular formula is C15H23N3O2. The number of hydrogen-bond acceptors (Lipinski definition) is 5. The molecule has 5 heteroatoms. The lowest BCUT2D eigenvalue weighted by Gasteiger charge is -2.39. The van der Waals surface area contributed by atoms with Gasteiger partial charge < -0.3 is 10.1 Å². The lowest BCUT2D eigenvalue weighted by atomic mass is 9.90. The van der Waals surface area contributed by atoms with Crippen LogP contribution in [0.1, 0.15) is 35.9 Å². The largest absolute Gasteiger partial charge is 0.464 e. The maximum atomic E-state index is 11.5. The molecule has 1 aromatic heterocycles. The highest BCUT2D eigenvalue weighted by molar-refractivity contribution is 5.87. The first-order valence-electron chi connectivity index (χ1n) is 7.02. The van der Waals surface area contributed by atoms with E-state index in [4.69, 9.17) is 4.74 Å². The van der Waals surface area contributed by atoms with Crippen molar-refractivity contribution < 1.29 is 9.53 Å². The highest BCUT2D eigenvalue weighted by Gasteiger charge is 2.28. The molecule has 20 heavy (non-hydrogen) atoms. The Labute approximate surface area is 120 Å². The Kier molecular flexibility index (Phi) is 4.73. The van der Waals surface area contributed by atoms with Crippen LogP contribution < -0.4 is 5.32 Å². The van der Waals surface area contributed by atoms with Crippen LogP contribution in [0.3, 0.4) is 0 Å². The summed E-state index contributed by atoms with van der Waals surface area (Å²) in [6.07, 6.45) is 2.25. The molecule has 0 bridgehead atoms. The van der Waals surface area contributed by atoms with Gasteiger partial charge in [0.05, 0.1) is 12.8 Å². The second-order valence-corrected chi connectivity index (χ2v) is 5.59. The third-order valence-corrected chi connectivity index (χ3v) is 4.15. The van der Waals surface area contributed by atoms with Gasteiger partial charge in [-0.1, -0.05) is 6.07 Å². The van der Waals surface area contributed by atoms with Gasteiger partial charge in [0.15, 0.2) is 0 Å². The number of pyridine rings is 1. The summed E-state index contributed by atoms with van der Waals surface area (Å²) >= 11 is 0. The molecule has 0 saturated carbocycles. The van der Waals surface area contributed by atoms with Crippen LogP contribution >= 0.6 is 0 Å². The zero-order valence-corrected chi connectivity index (χ0v) is 12.5. The number of aromatic nitrogens is 1. The highest BCUT2D eigenvalue weighted by Crippen LogP contribution is 2.22. The molecule has 0 radical (unpaired) electrons. The van der Waals surface area contributed by atoms with Crippen LogP contribution in [-0.2, 0) is 11.3 Å². The van der Waals surface area contributed by atoms with Crippen molar-refractivity contribution >= 4 is 5.97 Å². The number of methoxy groups -OCH3 is 1. The predicted molar refractivity (Wildman–Crippen MR) is 77.6 cm³/mol. The Bertz CT molecular complexity index is 468. The first kappa shape index (κ1) is 14.9. The van der Waals surface area contributed by atoms with E-state index in [1.807, 2.05) is 19.2 Å². The van der Waals surface area contributed by atoms with Gasteiger partial charge >= 0.3 is 5.97 Å². The fourth-order valence-corrected chi connectivity index (χ4v) is 2.47. The van der Waals surface area contributed by atoms with Crippen LogP contribution in [0.2, 0.25) is 0 Å². The molecule has 0 spiro atoms. The predicted octanol–water partition coefficient (Wildman–Crippen LogP) is 1.44. The molecule has 2 rings (SSSR count). The minimum absolute atomic E-state index is 0.248. The van der Waals surface area contributed by atoms with Crippen molar-refractivity contribution in [2.45, 2.75) is 31.8 Å². The Hall–Kier alpha value is -1.46. The van der Waals surface area contributed by atoms with E-state index in [-0.39, 0.29) is 11.5 Å². The average molecular weight is 277 g/mol. The molecule has 0 amide bonds. The summed E-state index contributed by atoms with van der Waals surface area (Å²) in [6, 6.07) is 5.50. The molecule has 0 atom stereocenters. The number of ether oxygens (including phenoxy) is 1. The molecular weight excluding hydrogens is 254 g/mol. The quantitative estimate of drug-likeness (QED) is 0.844. The summed E-state index contributed by atoms with van der Waals surface area (Å²) in [5.74, 6) is -0.381. The minimum Gasteiger partial charge on any atom is -0.464 e. The van der Waals surface area contributed by atoms with E-state index in [2.05, 4.69) is 22.1 Å². The van der Waals surface area contributed by atoms with Crippen LogP contribution in [0, 0.1) is 0 Å². The van der Waals surface area contributed by atoms with Gasteiger partial charge in [-0.3, -0.25) is 4.90 Å². The molecule has 5 nitrogen and oxygen atoms in total. The number of carbonyl (C=O) groups excluding carboxylic acids is 1. The van der Waals surface area contributed by atoms with Crippen LogP contribution in [0.5, 0.6) is 0 Å². The van der Waals surface area contributed by atoms with Gasteiger partial charge in [0.2, 0.25) is 0 Å². The van der Waals surface area contributed by atoms with Crippen LogP contribution in [-0.4, -0.2) is 48.6 Å². The third kappa shape index (κ3) is 3.55. The fourth-order valence-electron chi connectivity index (χ4n) is 2.47. The maximum Gasteiger partial charge on any atom is 0.356 e. The third-order valence-electron chi connectivity index (χ3n) is 4.15. The van der Waals surface area contributed by atoms with Gasteiger partial charge in [-0.25, -0.2) is 9.78 Å². The van der Waals surface area contributed by atoms with E-state index in [1.54, 1.807) is 6.07 Å². The molecule has 0 unspecified atom stereocenters. The number of nitrogens with zero attached hydrogens (tertiary/aromatic N) is 2. The van der Waals surface area contributed by atoms with E-state index >= 15 is 0 Å². The number of carbonyl (C=O) groups is 1. The zero-order valence-electron chi connectivity index (χ0n) is 12.5. The first-order chi connectivity index (χ1) is 9.56. The van der Waals surface area contributed by atoms with Crippen LogP contribution in [0.4, 0.5) is 0 Å². The molecule has 2 heterocycles. The molecule has 1 aromatic rings. The smallest absolute Gasteiger partial charge is 0.356 e. The van der Waals surface area contributed by atoms with E-state index in [9.17, 15) is 4.79 Å². The summed E-state index contributed by atoms with van der Waals surface area (Å²) < 4.78 is 4.70. The number of esters is 1. The summed E-state index contributed by atoms with van der Waals surface area (Å²) in [4.78, 5) is 18.2. The van der Waals surface area contributed by atoms with E-state index in [1.165, 1.54) is 7.11 Å². The van der Waals surface area contributed by atoms with Gasteiger partial charge in [0.1, 0.15) is 5.69 Å². The van der Waals surface area contributed by atoms with Crippen molar-refractivity contribution in [3.8, 4) is 0 Å². The molecule has 1 fully saturated rings. The second kappa shape index (κ2) is 6.33. The molecule has 1 saturated heterocycles. The topological polar surface area (TPSA) is 54.5 Å². The molecule has 1 N–H and O–H groups in total. The SMILES string of the molecule is CNC1(C)CCN(Cc2cccc(C(=O)OC)n2)CC1.